The van der Waals surface area contributed by atoms with Crippen LogP contribution < -0.4 is 19.1 Å². The van der Waals surface area contributed by atoms with Gasteiger partial charge >= 0.3 is 0 Å². The Morgan fingerprint density at radius 1 is 0.912 bits per heavy atom. The molecule has 0 aliphatic carbocycles. The van der Waals surface area contributed by atoms with Crippen molar-refractivity contribution < 1.29 is 19.0 Å². The molecule has 7 nitrogen and oxygen atoms in total. The minimum Gasteiger partial charge on any atom is -0.490 e. The van der Waals surface area contributed by atoms with Gasteiger partial charge in [-0.3, -0.25) is 4.79 Å². The Labute approximate surface area is 205 Å². The number of carbonyl (C=O) groups is 1. The van der Waals surface area contributed by atoms with Crippen molar-refractivity contribution in [3.63, 3.8) is 0 Å². The van der Waals surface area contributed by atoms with Gasteiger partial charge in [-0.2, -0.15) is 0 Å². The molecule has 0 spiro atoms. The van der Waals surface area contributed by atoms with Crippen LogP contribution in [0.3, 0.4) is 0 Å². The maximum Gasteiger partial charge on any atom is 0.254 e. The Balaban J connectivity index is 1.52. The molecule has 1 aliphatic heterocycles. The van der Waals surface area contributed by atoms with Gasteiger partial charge in [0.05, 0.1) is 30.0 Å². The second-order valence-corrected chi connectivity index (χ2v) is 9.23. The number of thiazole rings is 1. The number of fused-ring (bicyclic) bond motifs is 1. The summed E-state index contributed by atoms with van der Waals surface area (Å²) < 4.78 is 18.6. The summed E-state index contributed by atoms with van der Waals surface area (Å²) in [5.74, 6) is 1.60. The summed E-state index contributed by atoms with van der Waals surface area (Å²) in [6.45, 7) is 14.2. The summed E-state index contributed by atoms with van der Waals surface area (Å²) in [6.07, 6.45) is 0. The minimum atomic E-state index is -0.0272. The molecule has 0 unspecified atom stereocenters. The largest absolute Gasteiger partial charge is 0.490 e. The first-order valence-corrected chi connectivity index (χ1v) is 12.8. The second-order valence-electron chi connectivity index (χ2n) is 8.25. The van der Waals surface area contributed by atoms with E-state index in [2.05, 4.69) is 30.9 Å². The Morgan fingerprint density at radius 3 is 2.06 bits per heavy atom. The lowest BCUT2D eigenvalue weighted by molar-refractivity contribution is 0.0745. The lowest BCUT2D eigenvalue weighted by atomic mass is 10.1. The molecule has 0 atom stereocenters. The van der Waals surface area contributed by atoms with Gasteiger partial charge in [0.15, 0.2) is 16.6 Å². The Hall–Kier alpha value is -3.00. The van der Waals surface area contributed by atoms with Crippen molar-refractivity contribution in [2.24, 2.45) is 0 Å². The summed E-state index contributed by atoms with van der Waals surface area (Å²) >= 11 is 1.74. The molecule has 1 aliphatic rings. The normalized spacial score (nSPS) is 13.9. The third-order valence-electron chi connectivity index (χ3n) is 5.92. The number of carbonyl (C=O) groups excluding carboxylic acids is 1. The van der Waals surface area contributed by atoms with E-state index in [9.17, 15) is 4.79 Å². The third kappa shape index (κ3) is 4.78. The first-order chi connectivity index (χ1) is 16.5. The highest BCUT2D eigenvalue weighted by atomic mass is 32.1. The Kier molecular flexibility index (Phi) is 7.46. The molecule has 0 saturated carbocycles. The average molecular weight is 484 g/mol. The zero-order valence-corrected chi connectivity index (χ0v) is 21.5. The third-order valence-corrected chi connectivity index (χ3v) is 7.18. The van der Waals surface area contributed by atoms with Crippen molar-refractivity contribution in [1.29, 1.82) is 0 Å². The Morgan fingerprint density at radius 2 is 1.50 bits per heavy atom. The van der Waals surface area contributed by atoms with Crippen molar-refractivity contribution >= 4 is 32.6 Å². The number of ether oxygens (including phenoxy) is 3. The molecule has 2 aromatic carbocycles. The fraction of sp³-hybridized carbons (Fsp3) is 0.462. The fourth-order valence-corrected chi connectivity index (χ4v) is 5.34. The smallest absolute Gasteiger partial charge is 0.254 e. The highest BCUT2D eigenvalue weighted by molar-refractivity contribution is 7.22. The number of hydrogen-bond acceptors (Lipinski definition) is 7. The molecule has 2 heterocycles. The topological polar surface area (TPSA) is 64.1 Å². The predicted molar refractivity (Wildman–Crippen MR) is 137 cm³/mol. The molecule has 0 bridgehead atoms. The van der Waals surface area contributed by atoms with Gasteiger partial charge in [0, 0.05) is 31.7 Å². The van der Waals surface area contributed by atoms with Crippen LogP contribution in [-0.2, 0) is 0 Å². The van der Waals surface area contributed by atoms with Crippen molar-refractivity contribution in [2.75, 3.05) is 50.9 Å². The molecule has 0 N–H and O–H groups in total. The fourth-order valence-electron chi connectivity index (χ4n) is 4.18. The number of nitrogens with zero attached hydrogens (tertiary/aromatic N) is 3. The van der Waals surface area contributed by atoms with E-state index in [1.54, 1.807) is 23.5 Å². The summed E-state index contributed by atoms with van der Waals surface area (Å²) in [6, 6.07) is 7.82. The lowest BCUT2D eigenvalue weighted by Gasteiger charge is -2.34. The number of benzene rings is 2. The van der Waals surface area contributed by atoms with Crippen molar-refractivity contribution in [1.82, 2.24) is 9.88 Å². The number of rotatable bonds is 8. The monoisotopic (exact) mass is 483 g/mol. The van der Waals surface area contributed by atoms with Gasteiger partial charge in [-0.25, -0.2) is 4.98 Å². The molecule has 8 heteroatoms. The van der Waals surface area contributed by atoms with E-state index < -0.39 is 0 Å². The zero-order valence-electron chi connectivity index (χ0n) is 20.6. The SMILES string of the molecule is CCOc1cc(C(=O)N2CCN(c3nc4c(C)ccc(C)c4s3)CC2)cc(OCC)c1OCC. The molecule has 1 fully saturated rings. The van der Waals surface area contributed by atoms with Crippen LogP contribution in [-0.4, -0.2) is 61.8 Å². The van der Waals surface area contributed by atoms with Crippen LogP contribution in [0.5, 0.6) is 17.2 Å². The molecule has 0 radical (unpaired) electrons. The van der Waals surface area contributed by atoms with E-state index in [1.165, 1.54) is 15.8 Å². The van der Waals surface area contributed by atoms with Crippen LogP contribution in [0.15, 0.2) is 24.3 Å². The second kappa shape index (κ2) is 10.5. The van der Waals surface area contributed by atoms with E-state index in [0.717, 1.165) is 23.7 Å². The number of anilines is 1. The summed E-state index contributed by atoms with van der Waals surface area (Å²) in [7, 11) is 0. The van der Waals surface area contributed by atoms with Gasteiger partial charge in [0.1, 0.15) is 0 Å². The van der Waals surface area contributed by atoms with Gasteiger partial charge in [0.2, 0.25) is 5.75 Å². The Bertz CT molecular complexity index is 1100. The zero-order chi connectivity index (χ0) is 24.2. The summed E-state index contributed by atoms with van der Waals surface area (Å²) in [4.78, 5) is 22.5. The summed E-state index contributed by atoms with van der Waals surface area (Å²) in [5.41, 5.74) is 4.08. The molecule has 1 saturated heterocycles. The van der Waals surface area contributed by atoms with Crippen molar-refractivity contribution in [3.05, 3.63) is 41.0 Å². The standard InChI is InChI=1S/C26H33N3O4S/c1-6-31-20-15-19(16-21(32-7-2)23(20)33-8-3)25(30)28-11-13-29(14-12-28)26-27-22-17(4)9-10-18(5)24(22)34-26/h9-10,15-16H,6-8,11-14H2,1-5H3. The average Bonchev–Trinajstić information content (AvgIpc) is 3.30. The molecule has 34 heavy (non-hydrogen) atoms. The molecular weight excluding hydrogens is 450 g/mol. The van der Waals surface area contributed by atoms with Crippen LogP contribution in [0.25, 0.3) is 10.2 Å². The predicted octanol–water partition coefficient (Wildman–Crippen LogP) is 5.07. The number of aryl methyl sites for hydroxylation is 2. The molecule has 1 aromatic heterocycles. The van der Waals surface area contributed by atoms with Crippen molar-refractivity contribution in [3.8, 4) is 17.2 Å². The van der Waals surface area contributed by atoms with Gasteiger partial charge in [-0.1, -0.05) is 23.5 Å². The van der Waals surface area contributed by atoms with E-state index in [4.69, 9.17) is 19.2 Å². The lowest BCUT2D eigenvalue weighted by Crippen LogP contribution is -2.48. The van der Waals surface area contributed by atoms with Gasteiger partial charge in [-0.05, 0) is 57.9 Å². The van der Waals surface area contributed by atoms with Gasteiger partial charge < -0.3 is 24.0 Å². The highest BCUT2D eigenvalue weighted by Crippen LogP contribution is 2.39. The molecule has 1 amide bonds. The van der Waals surface area contributed by atoms with Crippen LogP contribution in [0.4, 0.5) is 5.13 Å². The number of aromatic nitrogens is 1. The summed E-state index contributed by atoms with van der Waals surface area (Å²) in [5, 5.41) is 1.03. The van der Waals surface area contributed by atoms with E-state index >= 15 is 0 Å². The number of amides is 1. The van der Waals surface area contributed by atoms with Crippen molar-refractivity contribution in [2.45, 2.75) is 34.6 Å². The van der Waals surface area contributed by atoms with Crippen LogP contribution >= 0.6 is 11.3 Å². The number of hydrogen-bond donors (Lipinski definition) is 0. The molecular formula is C26H33N3O4S. The maximum absolute atomic E-state index is 13.4. The van der Waals surface area contributed by atoms with Crippen LogP contribution in [0.2, 0.25) is 0 Å². The quantitative estimate of drug-likeness (QED) is 0.446. The molecule has 4 rings (SSSR count). The minimum absolute atomic E-state index is 0.0272. The highest BCUT2D eigenvalue weighted by Gasteiger charge is 2.26. The maximum atomic E-state index is 13.4. The van der Waals surface area contributed by atoms with E-state index in [0.29, 0.717) is 55.7 Å². The van der Waals surface area contributed by atoms with E-state index in [-0.39, 0.29) is 5.91 Å². The van der Waals surface area contributed by atoms with Crippen LogP contribution in [0.1, 0.15) is 42.3 Å². The first-order valence-electron chi connectivity index (χ1n) is 11.9. The first kappa shape index (κ1) is 24.1. The molecule has 182 valence electrons. The van der Waals surface area contributed by atoms with Gasteiger partial charge in [0.25, 0.3) is 5.91 Å². The molecule has 3 aromatic rings. The number of piperazine rings is 1. The van der Waals surface area contributed by atoms with Gasteiger partial charge in [-0.15, -0.1) is 0 Å². The van der Waals surface area contributed by atoms with E-state index in [1.807, 2.05) is 25.7 Å². The van der Waals surface area contributed by atoms with Crippen LogP contribution in [0, 0.1) is 13.8 Å².